The minimum Gasteiger partial charge on any atom is -0.469 e. The Hall–Kier alpha value is -2.67. The topological polar surface area (TPSA) is 80.8 Å². The van der Waals surface area contributed by atoms with Crippen LogP contribution in [0.2, 0.25) is 0 Å². The van der Waals surface area contributed by atoms with E-state index in [0.717, 1.165) is 5.56 Å². The molecule has 27 heavy (non-hydrogen) atoms. The van der Waals surface area contributed by atoms with Gasteiger partial charge in [-0.2, -0.15) is 0 Å². The minimum absolute atomic E-state index is 0.131. The lowest BCUT2D eigenvalue weighted by atomic mass is 9.76. The Labute approximate surface area is 158 Å². The molecule has 1 aliphatic rings. The van der Waals surface area contributed by atoms with Crippen LogP contribution in [0.1, 0.15) is 29.3 Å². The summed E-state index contributed by atoms with van der Waals surface area (Å²) < 4.78 is 32.6. The van der Waals surface area contributed by atoms with Gasteiger partial charge in [0, 0.05) is 12.1 Å². The zero-order chi connectivity index (χ0) is 19.8. The number of Topliss-reactive ketones (excluding diaryl/α,β-unsaturated/α-hetero) is 1. The number of ether oxygens (including phenoxy) is 1. The average Bonchev–Trinajstić information content (AvgIpc) is 2.65. The number of carbonyl (C=O) groups is 2. The fourth-order valence-corrected chi connectivity index (χ4v) is 4.87. The molecule has 0 saturated carbocycles. The van der Waals surface area contributed by atoms with Crippen molar-refractivity contribution in [1.29, 1.82) is 0 Å². The summed E-state index contributed by atoms with van der Waals surface area (Å²) in [6.45, 7) is 3.34. The lowest BCUT2D eigenvalue weighted by Gasteiger charge is -2.40. The van der Waals surface area contributed by atoms with E-state index in [9.17, 15) is 18.0 Å². The van der Waals surface area contributed by atoms with Gasteiger partial charge in [0.25, 0.3) is 10.0 Å². The van der Waals surface area contributed by atoms with Gasteiger partial charge in [-0.1, -0.05) is 29.8 Å². The van der Waals surface area contributed by atoms with E-state index in [0.29, 0.717) is 5.69 Å². The molecule has 2 aromatic carbocycles. The lowest BCUT2D eigenvalue weighted by Crippen LogP contribution is -2.49. The van der Waals surface area contributed by atoms with Crippen LogP contribution < -0.4 is 4.31 Å². The van der Waals surface area contributed by atoms with E-state index in [1.807, 2.05) is 6.92 Å². The first-order valence-electron chi connectivity index (χ1n) is 8.49. The second-order valence-corrected chi connectivity index (χ2v) is 8.85. The van der Waals surface area contributed by atoms with Gasteiger partial charge in [0.15, 0.2) is 5.78 Å². The number of nitrogens with zero attached hydrogens (tertiary/aromatic N) is 1. The molecule has 6 nitrogen and oxygen atoms in total. The second kappa shape index (κ2) is 6.81. The number of ketones is 1. The van der Waals surface area contributed by atoms with Crippen LogP contribution >= 0.6 is 0 Å². The number of para-hydroxylation sites is 1. The van der Waals surface area contributed by atoms with Crippen molar-refractivity contribution in [3.8, 4) is 0 Å². The third-order valence-corrected chi connectivity index (χ3v) is 6.60. The maximum absolute atomic E-state index is 13.3. The predicted octanol–water partition coefficient (Wildman–Crippen LogP) is 2.96. The standard InChI is InChI=1S/C20H21NO5S/c1-14-8-10-15(11-9-14)27(24,25)21-13-20(2,12-18(22)26-3)19(23)16-6-4-5-7-17(16)21/h4-11H,12-13H2,1-3H3/t20-/m0/s1. The zero-order valence-electron chi connectivity index (χ0n) is 15.4. The quantitative estimate of drug-likeness (QED) is 0.754. The first-order valence-corrected chi connectivity index (χ1v) is 9.93. The summed E-state index contributed by atoms with van der Waals surface area (Å²) in [6.07, 6.45) is -0.198. The SMILES string of the molecule is COC(=O)C[C@@]1(C)CN(S(=O)(=O)c2ccc(C)cc2)c2ccccc2C1=O. The number of esters is 1. The molecule has 142 valence electrons. The third-order valence-electron chi connectivity index (χ3n) is 4.83. The highest BCUT2D eigenvalue weighted by Crippen LogP contribution is 2.41. The Kier molecular flexibility index (Phi) is 4.82. The first-order chi connectivity index (χ1) is 12.7. The zero-order valence-corrected chi connectivity index (χ0v) is 16.2. The Morgan fingerprint density at radius 1 is 1.15 bits per heavy atom. The fraction of sp³-hybridized carbons (Fsp3) is 0.300. The number of carbonyl (C=O) groups excluding carboxylic acids is 2. The molecule has 0 fully saturated rings. The molecule has 0 amide bonds. The summed E-state index contributed by atoms with van der Waals surface area (Å²) in [5, 5.41) is 0. The number of benzene rings is 2. The number of aryl methyl sites for hydroxylation is 1. The van der Waals surface area contributed by atoms with Gasteiger partial charge >= 0.3 is 5.97 Å². The van der Waals surface area contributed by atoms with E-state index >= 15 is 0 Å². The highest BCUT2D eigenvalue weighted by molar-refractivity contribution is 7.92. The molecule has 2 aromatic rings. The number of sulfonamides is 1. The molecule has 0 aliphatic carbocycles. The number of fused-ring (bicyclic) bond motifs is 1. The molecule has 0 spiro atoms. The second-order valence-electron chi connectivity index (χ2n) is 6.98. The van der Waals surface area contributed by atoms with Crippen LogP contribution in [0.5, 0.6) is 0 Å². The van der Waals surface area contributed by atoms with Gasteiger partial charge in [0.05, 0.1) is 29.5 Å². The van der Waals surface area contributed by atoms with Crippen LogP contribution in [0.3, 0.4) is 0 Å². The van der Waals surface area contributed by atoms with E-state index in [1.165, 1.54) is 11.4 Å². The average molecular weight is 387 g/mol. The van der Waals surface area contributed by atoms with E-state index in [4.69, 9.17) is 4.74 Å². The third kappa shape index (κ3) is 3.35. The number of hydrogen-bond acceptors (Lipinski definition) is 5. The summed E-state index contributed by atoms with van der Waals surface area (Å²) in [5.74, 6) is -0.822. The highest BCUT2D eigenvalue weighted by atomic mass is 32.2. The first kappa shape index (κ1) is 19.1. The van der Waals surface area contributed by atoms with Crippen LogP contribution in [0.25, 0.3) is 0 Å². The van der Waals surface area contributed by atoms with Crippen LogP contribution in [0, 0.1) is 12.3 Å². The van der Waals surface area contributed by atoms with Gasteiger partial charge in [-0.25, -0.2) is 8.42 Å². The molecule has 0 bridgehead atoms. The molecule has 3 rings (SSSR count). The van der Waals surface area contributed by atoms with Crippen molar-refractivity contribution in [2.75, 3.05) is 18.0 Å². The maximum Gasteiger partial charge on any atom is 0.306 e. The molecule has 0 unspecified atom stereocenters. The molecule has 0 radical (unpaired) electrons. The highest BCUT2D eigenvalue weighted by Gasteiger charge is 2.46. The predicted molar refractivity (Wildman–Crippen MR) is 101 cm³/mol. The number of rotatable bonds is 4. The van der Waals surface area contributed by atoms with Crippen molar-refractivity contribution in [1.82, 2.24) is 0 Å². The fourth-order valence-electron chi connectivity index (χ4n) is 3.26. The van der Waals surface area contributed by atoms with Crippen LogP contribution in [0.15, 0.2) is 53.4 Å². The molecule has 0 aromatic heterocycles. The minimum atomic E-state index is -3.90. The summed E-state index contributed by atoms with van der Waals surface area (Å²) >= 11 is 0. The van der Waals surface area contributed by atoms with Gasteiger partial charge in [0.2, 0.25) is 0 Å². The summed E-state index contributed by atoms with van der Waals surface area (Å²) in [6, 6.07) is 13.1. The van der Waals surface area contributed by atoms with Gasteiger partial charge in [0.1, 0.15) is 0 Å². The number of anilines is 1. The van der Waals surface area contributed by atoms with Crippen molar-refractivity contribution >= 4 is 27.5 Å². The van der Waals surface area contributed by atoms with Gasteiger partial charge in [-0.3, -0.25) is 13.9 Å². The van der Waals surface area contributed by atoms with Gasteiger partial charge in [-0.05, 0) is 38.1 Å². The van der Waals surface area contributed by atoms with Crippen LogP contribution in [-0.2, 0) is 19.6 Å². The molecule has 1 atom stereocenters. The molecule has 1 aliphatic heterocycles. The van der Waals surface area contributed by atoms with Gasteiger partial charge in [-0.15, -0.1) is 0 Å². The maximum atomic E-state index is 13.3. The van der Waals surface area contributed by atoms with E-state index in [2.05, 4.69) is 0 Å². The molecule has 1 heterocycles. The monoisotopic (exact) mass is 387 g/mol. The van der Waals surface area contributed by atoms with Crippen molar-refractivity contribution < 1.29 is 22.7 Å². The van der Waals surface area contributed by atoms with E-state index in [-0.39, 0.29) is 29.2 Å². The van der Waals surface area contributed by atoms with Crippen molar-refractivity contribution in [3.63, 3.8) is 0 Å². The summed E-state index contributed by atoms with van der Waals surface area (Å²) in [4.78, 5) is 25.0. The Balaban J connectivity index is 2.14. The number of methoxy groups -OCH3 is 1. The smallest absolute Gasteiger partial charge is 0.306 e. The lowest BCUT2D eigenvalue weighted by molar-refractivity contribution is -0.142. The van der Waals surface area contributed by atoms with Crippen LogP contribution in [-0.4, -0.2) is 33.8 Å². The van der Waals surface area contributed by atoms with Crippen molar-refractivity contribution in [2.24, 2.45) is 5.41 Å². The van der Waals surface area contributed by atoms with Crippen molar-refractivity contribution in [3.05, 3.63) is 59.7 Å². The molecular formula is C20H21NO5S. The Bertz CT molecular complexity index is 997. The normalized spacial score (nSPS) is 19.5. The molecule has 7 heteroatoms. The Morgan fingerprint density at radius 3 is 2.41 bits per heavy atom. The Morgan fingerprint density at radius 2 is 1.78 bits per heavy atom. The summed E-state index contributed by atoms with van der Waals surface area (Å²) in [5.41, 5.74) is 0.342. The molecule has 0 saturated heterocycles. The van der Waals surface area contributed by atoms with Crippen LogP contribution in [0.4, 0.5) is 5.69 Å². The van der Waals surface area contributed by atoms with E-state index in [1.54, 1.807) is 55.5 Å². The number of hydrogen-bond donors (Lipinski definition) is 0. The van der Waals surface area contributed by atoms with E-state index < -0.39 is 21.4 Å². The summed E-state index contributed by atoms with van der Waals surface area (Å²) in [7, 11) is -2.66. The van der Waals surface area contributed by atoms with Crippen molar-refractivity contribution in [2.45, 2.75) is 25.2 Å². The molecular weight excluding hydrogens is 366 g/mol. The largest absolute Gasteiger partial charge is 0.469 e. The van der Waals surface area contributed by atoms with Gasteiger partial charge < -0.3 is 4.74 Å². The molecule has 0 N–H and O–H groups in total.